The number of halogens is 1. The summed E-state index contributed by atoms with van der Waals surface area (Å²) in [4.78, 5) is 11.8. The van der Waals surface area contributed by atoms with Gasteiger partial charge < -0.3 is 14.3 Å². The van der Waals surface area contributed by atoms with Crippen LogP contribution in [0.5, 0.6) is 0 Å². The summed E-state index contributed by atoms with van der Waals surface area (Å²) in [6.07, 6.45) is 0.476. The number of hydrogen-bond acceptors (Lipinski definition) is 4. The molecule has 0 amide bonds. The lowest BCUT2D eigenvalue weighted by molar-refractivity contribution is -0.159. The number of carbonyl (C=O) groups is 1. The zero-order valence-corrected chi connectivity index (χ0v) is 11.8. The van der Waals surface area contributed by atoms with E-state index in [2.05, 4.69) is 15.9 Å². The van der Waals surface area contributed by atoms with Gasteiger partial charge in [-0.3, -0.25) is 4.79 Å². The molecule has 96 valence electrons. The summed E-state index contributed by atoms with van der Waals surface area (Å²) in [6, 6.07) is 3.33. The average Bonchev–Trinajstić information content (AvgIpc) is 2.66. The van der Waals surface area contributed by atoms with Crippen molar-refractivity contribution in [3.05, 3.63) is 22.6 Å². The van der Waals surface area contributed by atoms with Crippen LogP contribution in [-0.4, -0.2) is 17.7 Å². The van der Waals surface area contributed by atoms with Crippen LogP contribution in [0.4, 0.5) is 0 Å². The third-order valence-corrected chi connectivity index (χ3v) is 3.16. The van der Waals surface area contributed by atoms with Gasteiger partial charge in [-0.15, -0.1) is 0 Å². The van der Waals surface area contributed by atoms with E-state index in [1.807, 2.05) is 6.92 Å². The number of carbonyl (C=O) groups excluding carboxylic acids is 1. The summed E-state index contributed by atoms with van der Waals surface area (Å²) < 4.78 is 10.8. The maximum Gasteiger partial charge on any atom is 0.312 e. The molecular weight excluding hydrogens is 288 g/mol. The van der Waals surface area contributed by atoms with Gasteiger partial charge in [0.2, 0.25) is 0 Å². The number of furan rings is 1. The van der Waals surface area contributed by atoms with Crippen molar-refractivity contribution in [2.45, 2.75) is 32.8 Å². The zero-order valence-electron chi connectivity index (χ0n) is 10.2. The smallest absolute Gasteiger partial charge is 0.312 e. The quantitative estimate of drug-likeness (QED) is 0.850. The fourth-order valence-corrected chi connectivity index (χ4v) is 2.10. The van der Waals surface area contributed by atoms with Crippen molar-refractivity contribution >= 4 is 21.9 Å². The lowest BCUT2D eigenvalue weighted by Gasteiger charge is -2.28. The van der Waals surface area contributed by atoms with Crippen LogP contribution in [-0.2, 0) is 15.1 Å². The topological polar surface area (TPSA) is 59.7 Å². The molecule has 1 heterocycles. The minimum atomic E-state index is -1.37. The van der Waals surface area contributed by atoms with Gasteiger partial charge in [-0.1, -0.05) is 6.92 Å². The maximum absolute atomic E-state index is 11.8. The summed E-state index contributed by atoms with van der Waals surface area (Å²) in [7, 11) is 0. The summed E-state index contributed by atoms with van der Waals surface area (Å²) >= 11 is 3.17. The van der Waals surface area contributed by atoms with Gasteiger partial charge in [0.15, 0.2) is 4.67 Å². The van der Waals surface area contributed by atoms with E-state index in [-0.39, 0.29) is 0 Å². The monoisotopic (exact) mass is 304 g/mol. The molecule has 1 aromatic heterocycles. The first kappa shape index (κ1) is 14.3. The van der Waals surface area contributed by atoms with Gasteiger partial charge in [0.25, 0.3) is 0 Å². The molecule has 1 N–H and O–H groups in total. The zero-order chi connectivity index (χ0) is 13.1. The van der Waals surface area contributed by atoms with E-state index in [4.69, 9.17) is 9.15 Å². The van der Waals surface area contributed by atoms with Crippen LogP contribution >= 0.6 is 15.9 Å². The summed E-state index contributed by atoms with van der Waals surface area (Å²) in [6.45, 7) is 5.42. The van der Waals surface area contributed by atoms with E-state index in [1.165, 1.54) is 0 Å². The maximum atomic E-state index is 11.8. The first-order valence-electron chi connectivity index (χ1n) is 5.58. The normalized spacial score (nSPS) is 16.3. The van der Waals surface area contributed by atoms with Crippen molar-refractivity contribution in [1.82, 2.24) is 0 Å². The molecule has 17 heavy (non-hydrogen) atoms. The van der Waals surface area contributed by atoms with E-state index in [1.54, 1.807) is 26.0 Å². The minimum absolute atomic E-state index is 0.299. The number of rotatable bonds is 5. The van der Waals surface area contributed by atoms with Crippen LogP contribution in [0.3, 0.4) is 0 Å². The first-order chi connectivity index (χ1) is 7.93. The highest BCUT2D eigenvalue weighted by Gasteiger charge is 2.41. The Morgan fingerprint density at radius 3 is 2.65 bits per heavy atom. The van der Waals surface area contributed by atoms with Gasteiger partial charge in [-0.05, 0) is 48.3 Å². The number of aliphatic hydroxyl groups is 1. The van der Waals surface area contributed by atoms with Crippen LogP contribution < -0.4 is 0 Å². The Labute approximate surface area is 109 Å². The second kappa shape index (κ2) is 5.69. The summed E-state index contributed by atoms with van der Waals surface area (Å²) in [5.41, 5.74) is -1.37. The van der Waals surface area contributed by atoms with E-state index >= 15 is 0 Å². The van der Waals surface area contributed by atoms with Crippen LogP contribution in [0.15, 0.2) is 21.2 Å². The molecule has 0 aliphatic carbocycles. The molecule has 0 aliphatic heterocycles. The lowest BCUT2D eigenvalue weighted by Crippen LogP contribution is -2.37. The fourth-order valence-electron chi connectivity index (χ4n) is 1.79. The predicted octanol–water partition coefficient (Wildman–Crippen LogP) is 2.84. The molecule has 1 rings (SSSR count). The van der Waals surface area contributed by atoms with Gasteiger partial charge in [0.05, 0.1) is 12.5 Å². The Morgan fingerprint density at radius 2 is 2.24 bits per heavy atom. The fraction of sp³-hybridized carbons (Fsp3) is 0.583. The Bertz CT molecular complexity index is 384. The van der Waals surface area contributed by atoms with Crippen LogP contribution in [0.25, 0.3) is 0 Å². The van der Waals surface area contributed by atoms with Crippen molar-refractivity contribution in [3.63, 3.8) is 0 Å². The van der Waals surface area contributed by atoms with E-state index in [0.29, 0.717) is 23.5 Å². The number of esters is 1. The van der Waals surface area contributed by atoms with Gasteiger partial charge >= 0.3 is 5.97 Å². The molecule has 2 atom stereocenters. The molecule has 0 fully saturated rings. The van der Waals surface area contributed by atoms with Crippen molar-refractivity contribution in [2.75, 3.05) is 6.61 Å². The van der Waals surface area contributed by atoms with Gasteiger partial charge in [-0.25, -0.2) is 0 Å². The molecule has 0 bridgehead atoms. The number of ether oxygens (including phenoxy) is 1. The Balaban J connectivity index is 2.97. The largest absolute Gasteiger partial charge is 0.466 e. The highest BCUT2D eigenvalue weighted by atomic mass is 79.9. The Hall–Kier alpha value is -0.810. The van der Waals surface area contributed by atoms with Gasteiger partial charge in [-0.2, -0.15) is 0 Å². The standard InChI is InChI=1S/C12H17BrO4/c1-4-8(11(14)16-5-2)12(3,15)9-6-7-10(13)17-9/h6-8,15H,4-5H2,1-3H3. The number of hydrogen-bond donors (Lipinski definition) is 1. The average molecular weight is 305 g/mol. The third kappa shape index (κ3) is 3.10. The highest BCUT2D eigenvalue weighted by molar-refractivity contribution is 9.10. The SMILES string of the molecule is CCOC(=O)C(CC)C(C)(O)c1ccc(Br)o1. The molecule has 5 heteroatoms. The molecule has 0 radical (unpaired) electrons. The summed E-state index contributed by atoms with van der Waals surface area (Å²) in [5.74, 6) is -0.697. The second-order valence-corrected chi connectivity index (χ2v) is 4.75. The second-order valence-electron chi connectivity index (χ2n) is 3.96. The van der Waals surface area contributed by atoms with E-state index in [0.717, 1.165) is 0 Å². The van der Waals surface area contributed by atoms with Crippen LogP contribution in [0.1, 0.15) is 33.0 Å². The molecule has 0 aliphatic rings. The van der Waals surface area contributed by atoms with Crippen LogP contribution in [0, 0.1) is 5.92 Å². The van der Waals surface area contributed by atoms with E-state index in [9.17, 15) is 9.90 Å². The van der Waals surface area contributed by atoms with E-state index < -0.39 is 17.5 Å². The van der Waals surface area contributed by atoms with Gasteiger partial charge in [0.1, 0.15) is 11.4 Å². The predicted molar refractivity (Wildman–Crippen MR) is 66.4 cm³/mol. The molecule has 0 saturated carbocycles. The lowest BCUT2D eigenvalue weighted by atomic mass is 9.85. The third-order valence-electron chi connectivity index (χ3n) is 2.73. The Morgan fingerprint density at radius 1 is 1.59 bits per heavy atom. The van der Waals surface area contributed by atoms with Crippen LogP contribution in [0.2, 0.25) is 0 Å². The summed E-state index contributed by atoms with van der Waals surface area (Å²) in [5, 5.41) is 10.4. The highest BCUT2D eigenvalue weighted by Crippen LogP contribution is 2.34. The minimum Gasteiger partial charge on any atom is -0.466 e. The molecular formula is C12H17BrO4. The molecule has 1 aromatic rings. The van der Waals surface area contributed by atoms with Crippen molar-refractivity contribution < 1.29 is 19.1 Å². The van der Waals surface area contributed by atoms with Crippen molar-refractivity contribution in [3.8, 4) is 0 Å². The molecule has 0 aromatic carbocycles. The molecule has 2 unspecified atom stereocenters. The molecule has 0 spiro atoms. The first-order valence-corrected chi connectivity index (χ1v) is 6.37. The molecule has 4 nitrogen and oxygen atoms in total. The van der Waals surface area contributed by atoms with Crippen molar-refractivity contribution in [1.29, 1.82) is 0 Å². The van der Waals surface area contributed by atoms with Crippen molar-refractivity contribution in [2.24, 2.45) is 5.92 Å². The molecule has 0 saturated heterocycles. The Kier molecular flexibility index (Phi) is 4.77. The van der Waals surface area contributed by atoms with Gasteiger partial charge in [0, 0.05) is 0 Å².